The molecular weight excluding hydrogens is 248 g/mol. The summed E-state index contributed by atoms with van der Waals surface area (Å²) in [7, 11) is 0. The van der Waals surface area contributed by atoms with E-state index in [4.69, 9.17) is 0 Å². The fourth-order valence-corrected chi connectivity index (χ4v) is 2.75. The Kier molecular flexibility index (Phi) is 5.80. The van der Waals surface area contributed by atoms with Crippen LogP contribution in [0.5, 0.6) is 0 Å². The first-order chi connectivity index (χ1) is 9.67. The first-order valence-corrected chi connectivity index (χ1v) is 7.81. The van der Waals surface area contributed by atoms with Crippen LogP contribution in [0.2, 0.25) is 0 Å². The van der Waals surface area contributed by atoms with E-state index in [0.717, 1.165) is 32.1 Å². The van der Waals surface area contributed by atoms with Crippen LogP contribution in [-0.2, 0) is 6.54 Å². The average Bonchev–Trinajstić information content (AvgIpc) is 2.41. The molecule has 112 valence electrons. The lowest BCUT2D eigenvalue weighted by molar-refractivity contribution is 0.116. The van der Waals surface area contributed by atoms with Crippen LogP contribution >= 0.6 is 0 Å². The zero-order valence-corrected chi connectivity index (χ0v) is 13.1. The van der Waals surface area contributed by atoms with Crippen molar-refractivity contribution in [3.8, 4) is 0 Å². The van der Waals surface area contributed by atoms with Crippen molar-refractivity contribution in [2.24, 2.45) is 5.92 Å². The molecule has 0 bridgehead atoms. The largest absolute Gasteiger partial charge is 0.385 e. The Morgan fingerprint density at radius 1 is 1.20 bits per heavy atom. The van der Waals surface area contributed by atoms with Gasteiger partial charge in [0.1, 0.15) is 0 Å². The number of piperazine rings is 1. The average molecular weight is 276 g/mol. The smallest absolute Gasteiger partial charge is 0.0564 e. The summed E-state index contributed by atoms with van der Waals surface area (Å²) in [6.45, 7) is 14.5. The second-order valence-electron chi connectivity index (χ2n) is 6.04. The maximum Gasteiger partial charge on any atom is 0.0564 e. The minimum atomic E-state index is 0.764. The molecule has 0 spiro atoms. The molecule has 4 heteroatoms. The van der Waals surface area contributed by atoms with Gasteiger partial charge in [-0.15, -0.1) is 0 Å². The SMILES string of the molecule is CCNc1ccnc(CN2CCN(CC(C)C)CC2)c1. The number of hydrogen-bond acceptors (Lipinski definition) is 4. The summed E-state index contributed by atoms with van der Waals surface area (Å²) in [5.41, 5.74) is 2.34. The van der Waals surface area contributed by atoms with E-state index in [-0.39, 0.29) is 0 Å². The van der Waals surface area contributed by atoms with E-state index in [2.05, 4.69) is 46.9 Å². The molecule has 0 amide bonds. The molecule has 2 heterocycles. The first-order valence-electron chi connectivity index (χ1n) is 7.81. The molecule has 0 atom stereocenters. The van der Waals surface area contributed by atoms with E-state index >= 15 is 0 Å². The minimum Gasteiger partial charge on any atom is -0.385 e. The number of rotatable bonds is 6. The van der Waals surface area contributed by atoms with E-state index in [9.17, 15) is 0 Å². The molecule has 1 aliphatic rings. The molecule has 0 unspecified atom stereocenters. The Morgan fingerprint density at radius 2 is 1.90 bits per heavy atom. The minimum absolute atomic E-state index is 0.764. The van der Waals surface area contributed by atoms with Gasteiger partial charge in [-0.2, -0.15) is 0 Å². The van der Waals surface area contributed by atoms with Gasteiger partial charge in [-0.05, 0) is 25.0 Å². The quantitative estimate of drug-likeness (QED) is 0.864. The summed E-state index contributed by atoms with van der Waals surface area (Å²) in [5.74, 6) is 0.764. The second-order valence-corrected chi connectivity index (χ2v) is 6.04. The van der Waals surface area contributed by atoms with Gasteiger partial charge in [-0.3, -0.25) is 9.88 Å². The number of anilines is 1. The lowest BCUT2D eigenvalue weighted by Gasteiger charge is -2.35. The van der Waals surface area contributed by atoms with Gasteiger partial charge in [0, 0.05) is 57.7 Å². The van der Waals surface area contributed by atoms with Gasteiger partial charge in [-0.25, -0.2) is 0 Å². The second kappa shape index (κ2) is 7.60. The summed E-state index contributed by atoms with van der Waals surface area (Å²) < 4.78 is 0. The molecular formula is C16H28N4. The highest BCUT2D eigenvalue weighted by Crippen LogP contribution is 2.12. The Hall–Kier alpha value is -1.13. The van der Waals surface area contributed by atoms with E-state index in [0.29, 0.717) is 0 Å². The van der Waals surface area contributed by atoms with Crippen LogP contribution in [0.3, 0.4) is 0 Å². The predicted molar refractivity (Wildman–Crippen MR) is 85.0 cm³/mol. The van der Waals surface area contributed by atoms with Crippen LogP contribution in [0.4, 0.5) is 5.69 Å². The third-order valence-corrected chi connectivity index (χ3v) is 3.67. The summed E-state index contributed by atoms with van der Waals surface area (Å²) >= 11 is 0. The van der Waals surface area contributed by atoms with Crippen molar-refractivity contribution < 1.29 is 0 Å². The van der Waals surface area contributed by atoms with Gasteiger partial charge in [0.25, 0.3) is 0 Å². The van der Waals surface area contributed by atoms with Crippen LogP contribution in [0.25, 0.3) is 0 Å². The molecule has 2 rings (SSSR count). The maximum absolute atomic E-state index is 4.49. The zero-order valence-electron chi connectivity index (χ0n) is 13.1. The molecule has 4 nitrogen and oxygen atoms in total. The van der Waals surface area contributed by atoms with Gasteiger partial charge in [0.15, 0.2) is 0 Å². The van der Waals surface area contributed by atoms with E-state index in [1.165, 1.54) is 31.0 Å². The number of aromatic nitrogens is 1. The van der Waals surface area contributed by atoms with Crippen molar-refractivity contribution in [1.82, 2.24) is 14.8 Å². The van der Waals surface area contributed by atoms with Gasteiger partial charge in [0.2, 0.25) is 0 Å². The molecule has 0 aromatic carbocycles. The maximum atomic E-state index is 4.49. The molecule has 1 aromatic heterocycles. The Labute approximate surface area is 123 Å². The summed E-state index contributed by atoms with van der Waals surface area (Å²) in [4.78, 5) is 9.57. The zero-order chi connectivity index (χ0) is 14.4. The third-order valence-electron chi connectivity index (χ3n) is 3.67. The lowest BCUT2D eigenvalue weighted by Crippen LogP contribution is -2.46. The molecule has 1 aromatic rings. The van der Waals surface area contributed by atoms with Crippen molar-refractivity contribution >= 4 is 5.69 Å². The van der Waals surface area contributed by atoms with Crippen LogP contribution in [0, 0.1) is 5.92 Å². The fraction of sp³-hybridized carbons (Fsp3) is 0.688. The fourth-order valence-electron chi connectivity index (χ4n) is 2.75. The van der Waals surface area contributed by atoms with Crippen molar-refractivity contribution in [3.05, 3.63) is 24.0 Å². The first kappa shape index (κ1) is 15.3. The Bertz CT molecular complexity index is 397. The van der Waals surface area contributed by atoms with E-state index in [1.807, 2.05) is 12.3 Å². The van der Waals surface area contributed by atoms with Crippen LogP contribution in [0.15, 0.2) is 18.3 Å². The van der Waals surface area contributed by atoms with Crippen LogP contribution < -0.4 is 5.32 Å². The molecule has 20 heavy (non-hydrogen) atoms. The number of pyridine rings is 1. The van der Waals surface area contributed by atoms with Gasteiger partial charge in [0.05, 0.1) is 5.69 Å². The lowest BCUT2D eigenvalue weighted by atomic mass is 10.2. The van der Waals surface area contributed by atoms with Crippen molar-refractivity contribution in [2.45, 2.75) is 27.3 Å². The Balaban J connectivity index is 1.81. The molecule has 1 aliphatic heterocycles. The molecule has 0 aliphatic carbocycles. The highest BCUT2D eigenvalue weighted by Gasteiger charge is 2.17. The molecule has 0 saturated carbocycles. The summed E-state index contributed by atoms with van der Waals surface area (Å²) in [6, 6.07) is 4.21. The van der Waals surface area contributed by atoms with Gasteiger partial charge >= 0.3 is 0 Å². The highest BCUT2D eigenvalue weighted by molar-refractivity contribution is 5.42. The van der Waals surface area contributed by atoms with Crippen LogP contribution in [-0.4, -0.2) is 54.1 Å². The molecule has 0 radical (unpaired) electrons. The topological polar surface area (TPSA) is 31.4 Å². The predicted octanol–water partition coefficient (Wildman–Crippen LogP) is 2.29. The number of hydrogen-bond donors (Lipinski definition) is 1. The molecule has 1 N–H and O–H groups in total. The monoisotopic (exact) mass is 276 g/mol. The molecule has 1 saturated heterocycles. The summed E-state index contributed by atoms with van der Waals surface area (Å²) in [6.07, 6.45) is 1.91. The van der Waals surface area contributed by atoms with E-state index < -0.39 is 0 Å². The van der Waals surface area contributed by atoms with Gasteiger partial charge in [-0.1, -0.05) is 13.8 Å². The van der Waals surface area contributed by atoms with Crippen molar-refractivity contribution in [2.75, 3.05) is 44.6 Å². The van der Waals surface area contributed by atoms with E-state index in [1.54, 1.807) is 0 Å². The Morgan fingerprint density at radius 3 is 2.55 bits per heavy atom. The standard InChI is InChI=1S/C16H28N4/c1-4-17-15-5-6-18-16(11-15)13-20-9-7-19(8-10-20)12-14(2)3/h5-6,11,14H,4,7-10,12-13H2,1-3H3,(H,17,18). The molecule has 1 fully saturated rings. The summed E-state index contributed by atoms with van der Waals surface area (Å²) in [5, 5.41) is 3.35. The third kappa shape index (κ3) is 4.76. The number of nitrogens with zero attached hydrogens (tertiary/aromatic N) is 3. The van der Waals surface area contributed by atoms with Crippen LogP contribution in [0.1, 0.15) is 26.5 Å². The van der Waals surface area contributed by atoms with Gasteiger partial charge < -0.3 is 10.2 Å². The highest BCUT2D eigenvalue weighted by atomic mass is 15.3. The van der Waals surface area contributed by atoms with Crippen molar-refractivity contribution in [1.29, 1.82) is 0 Å². The van der Waals surface area contributed by atoms with Crippen molar-refractivity contribution in [3.63, 3.8) is 0 Å². The number of nitrogens with one attached hydrogen (secondary N) is 1. The normalized spacial score (nSPS) is 17.6.